The van der Waals surface area contributed by atoms with Crippen molar-refractivity contribution in [2.75, 3.05) is 6.61 Å². The van der Waals surface area contributed by atoms with E-state index in [-0.39, 0.29) is 5.91 Å². The van der Waals surface area contributed by atoms with Crippen molar-refractivity contribution in [3.05, 3.63) is 34.3 Å². The fourth-order valence-electron chi connectivity index (χ4n) is 1.05. The van der Waals surface area contributed by atoms with Gasteiger partial charge in [0.2, 0.25) is 0 Å². The molecule has 1 aromatic rings. The summed E-state index contributed by atoms with van der Waals surface area (Å²) in [4.78, 5) is 16.3. The number of hydrogen-bond acceptors (Lipinski definition) is 2. The summed E-state index contributed by atoms with van der Waals surface area (Å²) in [6.45, 7) is 4.03. The molecule has 0 aliphatic carbocycles. The molecule has 1 rings (SSSR count). The van der Waals surface area contributed by atoms with E-state index in [0.717, 1.165) is 5.56 Å². The predicted molar refractivity (Wildman–Crippen MR) is 55.3 cm³/mol. The van der Waals surface area contributed by atoms with Crippen LogP contribution in [-0.4, -0.2) is 12.5 Å². The molecule has 0 saturated carbocycles. The number of halogens is 1. The quantitative estimate of drug-likeness (QED) is 0.783. The number of carbonyl (C=O) groups is 1. The minimum Gasteiger partial charge on any atom is -0.274 e. The maximum Gasteiger partial charge on any atom is 0.275 e. The van der Waals surface area contributed by atoms with Crippen molar-refractivity contribution in [2.24, 2.45) is 0 Å². The Labute approximate surface area is 88.0 Å². The Morgan fingerprint density at radius 3 is 2.93 bits per heavy atom. The zero-order valence-electron chi connectivity index (χ0n) is 8.13. The van der Waals surface area contributed by atoms with Crippen LogP contribution in [0.3, 0.4) is 0 Å². The summed E-state index contributed by atoms with van der Waals surface area (Å²) < 4.78 is 0. The molecule has 0 aromatic heterocycles. The smallest absolute Gasteiger partial charge is 0.274 e. The Morgan fingerprint density at radius 2 is 2.29 bits per heavy atom. The third-order valence-corrected chi connectivity index (χ3v) is 2.23. The number of benzene rings is 1. The van der Waals surface area contributed by atoms with Crippen LogP contribution in [-0.2, 0) is 4.84 Å². The van der Waals surface area contributed by atoms with Gasteiger partial charge in [-0.25, -0.2) is 5.48 Å². The van der Waals surface area contributed by atoms with Crippen LogP contribution >= 0.6 is 11.6 Å². The lowest BCUT2D eigenvalue weighted by Crippen LogP contribution is -2.24. The van der Waals surface area contributed by atoms with Gasteiger partial charge in [-0.1, -0.05) is 17.7 Å². The highest BCUT2D eigenvalue weighted by atomic mass is 35.5. The van der Waals surface area contributed by atoms with E-state index in [1.54, 1.807) is 32.0 Å². The zero-order chi connectivity index (χ0) is 10.6. The van der Waals surface area contributed by atoms with Gasteiger partial charge in [0.15, 0.2) is 0 Å². The van der Waals surface area contributed by atoms with Gasteiger partial charge in [-0.05, 0) is 31.5 Å². The molecule has 0 unspecified atom stereocenters. The molecule has 1 N–H and O–H groups in total. The molecule has 0 aliphatic rings. The second kappa shape index (κ2) is 4.98. The van der Waals surface area contributed by atoms with E-state index in [1.165, 1.54) is 0 Å². The van der Waals surface area contributed by atoms with Gasteiger partial charge in [0.05, 0.1) is 6.61 Å². The summed E-state index contributed by atoms with van der Waals surface area (Å²) in [6.07, 6.45) is 0. The Kier molecular flexibility index (Phi) is 3.92. The topological polar surface area (TPSA) is 38.3 Å². The summed E-state index contributed by atoms with van der Waals surface area (Å²) in [7, 11) is 0. The first-order valence-electron chi connectivity index (χ1n) is 4.34. The SMILES string of the molecule is CCONC(=O)c1cccc(Cl)c1C. The molecule has 3 nitrogen and oxygen atoms in total. The van der Waals surface area contributed by atoms with Gasteiger partial charge in [-0.2, -0.15) is 0 Å². The van der Waals surface area contributed by atoms with Gasteiger partial charge >= 0.3 is 0 Å². The molecule has 0 bridgehead atoms. The Hall–Kier alpha value is -1.06. The summed E-state index contributed by atoms with van der Waals surface area (Å²) >= 11 is 5.87. The molecule has 0 spiro atoms. The van der Waals surface area contributed by atoms with Gasteiger partial charge < -0.3 is 0 Å². The molecule has 1 aromatic carbocycles. The van der Waals surface area contributed by atoms with Gasteiger partial charge in [-0.3, -0.25) is 9.63 Å². The van der Waals surface area contributed by atoms with Gasteiger partial charge in [0.25, 0.3) is 5.91 Å². The molecule has 0 radical (unpaired) electrons. The molecule has 0 heterocycles. The van der Waals surface area contributed by atoms with Gasteiger partial charge in [0.1, 0.15) is 0 Å². The molecule has 0 atom stereocenters. The van der Waals surface area contributed by atoms with E-state index < -0.39 is 0 Å². The highest BCUT2D eigenvalue weighted by Gasteiger charge is 2.09. The number of rotatable bonds is 3. The third-order valence-electron chi connectivity index (χ3n) is 1.82. The van der Waals surface area contributed by atoms with Crippen LogP contribution in [0.25, 0.3) is 0 Å². The van der Waals surface area contributed by atoms with Crippen molar-refractivity contribution in [3.8, 4) is 0 Å². The van der Waals surface area contributed by atoms with E-state index in [9.17, 15) is 4.79 Å². The second-order valence-corrected chi connectivity index (χ2v) is 3.18. The van der Waals surface area contributed by atoms with Crippen molar-refractivity contribution >= 4 is 17.5 Å². The second-order valence-electron chi connectivity index (χ2n) is 2.78. The highest BCUT2D eigenvalue weighted by molar-refractivity contribution is 6.31. The van der Waals surface area contributed by atoms with E-state index in [1.807, 2.05) is 0 Å². The molecule has 0 fully saturated rings. The largest absolute Gasteiger partial charge is 0.275 e. The van der Waals surface area contributed by atoms with Crippen molar-refractivity contribution in [2.45, 2.75) is 13.8 Å². The molecule has 4 heteroatoms. The minimum absolute atomic E-state index is 0.271. The average molecular weight is 214 g/mol. The molecule has 14 heavy (non-hydrogen) atoms. The maximum atomic E-state index is 11.5. The summed E-state index contributed by atoms with van der Waals surface area (Å²) in [6, 6.07) is 5.18. The minimum atomic E-state index is -0.271. The Morgan fingerprint density at radius 1 is 1.57 bits per heavy atom. The molecular weight excluding hydrogens is 202 g/mol. The van der Waals surface area contributed by atoms with Crippen molar-refractivity contribution < 1.29 is 9.63 Å². The molecule has 0 aliphatic heterocycles. The van der Waals surface area contributed by atoms with Crippen molar-refractivity contribution in [3.63, 3.8) is 0 Å². The molecular formula is C10H12ClNO2. The maximum absolute atomic E-state index is 11.5. The van der Waals surface area contributed by atoms with E-state index in [0.29, 0.717) is 17.2 Å². The number of hydrogen-bond donors (Lipinski definition) is 1. The first kappa shape index (κ1) is 11.0. The fraction of sp³-hybridized carbons (Fsp3) is 0.300. The first-order chi connectivity index (χ1) is 6.66. The lowest BCUT2D eigenvalue weighted by atomic mass is 10.1. The molecule has 76 valence electrons. The average Bonchev–Trinajstić information content (AvgIpc) is 2.18. The number of amides is 1. The standard InChI is InChI=1S/C10H12ClNO2/c1-3-14-12-10(13)8-5-4-6-9(11)7(8)2/h4-6H,3H2,1-2H3,(H,12,13). The van der Waals surface area contributed by atoms with E-state index in [4.69, 9.17) is 16.4 Å². The van der Waals surface area contributed by atoms with Crippen LogP contribution in [0.4, 0.5) is 0 Å². The Balaban J connectivity index is 2.84. The van der Waals surface area contributed by atoms with Crippen LogP contribution in [0.15, 0.2) is 18.2 Å². The monoisotopic (exact) mass is 213 g/mol. The Bertz CT molecular complexity index is 339. The lowest BCUT2D eigenvalue weighted by molar-refractivity contribution is 0.0364. The van der Waals surface area contributed by atoms with Gasteiger partial charge in [0, 0.05) is 10.6 Å². The first-order valence-corrected chi connectivity index (χ1v) is 4.71. The zero-order valence-corrected chi connectivity index (χ0v) is 8.89. The van der Waals surface area contributed by atoms with Crippen LogP contribution in [0.1, 0.15) is 22.8 Å². The van der Waals surface area contributed by atoms with Crippen molar-refractivity contribution in [1.82, 2.24) is 5.48 Å². The number of nitrogens with one attached hydrogen (secondary N) is 1. The van der Waals surface area contributed by atoms with Crippen LogP contribution < -0.4 is 5.48 Å². The summed E-state index contributed by atoms with van der Waals surface area (Å²) in [5, 5.41) is 0.578. The number of hydroxylamine groups is 1. The van der Waals surface area contributed by atoms with E-state index >= 15 is 0 Å². The summed E-state index contributed by atoms with van der Waals surface area (Å²) in [5.41, 5.74) is 3.61. The van der Waals surface area contributed by atoms with Gasteiger partial charge in [-0.15, -0.1) is 0 Å². The predicted octanol–water partition coefficient (Wildman–Crippen LogP) is 2.33. The lowest BCUT2D eigenvalue weighted by Gasteiger charge is -2.07. The van der Waals surface area contributed by atoms with Crippen LogP contribution in [0.5, 0.6) is 0 Å². The number of carbonyl (C=O) groups excluding carboxylic acids is 1. The van der Waals surface area contributed by atoms with Crippen LogP contribution in [0.2, 0.25) is 5.02 Å². The normalized spacial score (nSPS) is 9.93. The third kappa shape index (κ3) is 2.47. The molecule has 0 saturated heterocycles. The van der Waals surface area contributed by atoms with Crippen molar-refractivity contribution in [1.29, 1.82) is 0 Å². The van der Waals surface area contributed by atoms with Crippen LogP contribution in [0, 0.1) is 6.92 Å². The fourth-order valence-corrected chi connectivity index (χ4v) is 1.22. The highest BCUT2D eigenvalue weighted by Crippen LogP contribution is 2.18. The van der Waals surface area contributed by atoms with E-state index in [2.05, 4.69) is 5.48 Å². The summed E-state index contributed by atoms with van der Waals surface area (Å²) in [5.74, 6) is -0.271. The molecule has 1 amide bonds.